The predicted molar refractivity (Wildman–Crippen MR) is 107 cm³/mol. The van der Waals surface area contributed by atoms with E-state index in [0.717, 1.165) is 5.56 Å². The average molecular weight is 399 g/mol. The normalized spacial score (nSPS) is 10.2. The van der Waals surface area contributed by atoms with Crippen molar-refractivity contribution in [2.75, 3.05) is 19.5 Å². The Labute approximate surface area is 167 Å². The number of pyridine rings is 2. The lowest BCUT2D eigenvalue weighted by Gasteiger charge is -2.13. The van der Waals surface area contributed by atoms with Gasteiger partial charge in [0.2, 0.25) is 0 Å². The molecule has 2 heterocycles. The molecule has 1 amide bonds. The number of aromatic nitrogens is 2. The van der Waals surface area contributed by atoms with Gasteiger partial charge in [0, 0.05) is 37.3 Å². The fraction of sp³-hybridized carbons (Fsp3) is 0.150. The van der Waals surface area contributed by atoms with Crippen LogP contribution in [0.15, 0.2) is 55.0 Å². The number of nitrogens with zero attached hydrogens (tertiary/aromatic N) is 2. The minimum atomic E-state index is -0.214. The van der Waals surface area contributed by atoms with Crippen LogP contribution in [0.4, 0.5) is 11.5 Å². The van der Waals surface area contributed by atoms with Gasteiger partial charge in [-0.15, -0.1) is 0 Å². The van der Waals surface area contributed by atoms with Crippen LogP contribution in [0.3, 0.4) is 0 Å². The van der Waals surface area contributed by atoms with Gasteiger partial charge in [-0.2, -0.15) is 0 Å². The lowest BCUT2D eigenvalue weighted by molar-refractivity contribution is 0.0950. The van der Waals surface area contributed by atoms with Crippen LogP contribution in [-0.4, -0.2) is 30.1 Å². The third kappa shape index (κ3) is 4.69. The minimum absolute atomic E-state index is 0.214. The zero-order valence-corrected chi connectivity index (χ0v) is 16.2. The van der Waals surface area contributed by atoms with E-state index in [4.69, 9.17) is 21.1 Å². The van der Waals surface area contributed by atoms with Crippen molar-refractivity contribution in [2.24, 2.45) is 0 Å². The van der Waals surface area contributed by atoms with Gasteiger partial charge in [0.25, 0.3) is 5.91 Å². The fourth-order valence-corrected chi connectivity index (χ4v) is 2.72. The van der Waals surface area contributed by atoms with E-state index in [0.29, 0.717) is 40.1 Å². The van der Waals surface area contributed by atoms with E-state index in [1.807, 2.05) is 12.1 Å². The summed E-state index contributed by atoms with van der Waals surface area (Å²) >= 11 is 6.12. The molecule has 0 fully saturated rings. The Morgan fingerprint density at radius 2 is 1.93 bits per heavy atom. The number of ether oxygens (including phenoxy) is 2. The van der Waals surface area contributed by atoms with Crippen LogP contribution in [0.2, 0.25) is 5.02 Å². The molecule has 0 spiro atoms. The van der Waals surface area contributed by atoms with Crippen LogP contribution >= 0.6 is 11.6 Å². The third-order valence-electron chi connectivity index (χ3n) is 3.94. The van der Waals surface area contributed by atoms with E-state index >= 15 is 0 Å². The fourth-order valence-electron chi connectivity index (χ4n) is 2.49. The predicted octanol–water partition coefficient (Wildman–Crippen LogP) is 3.82. The molecular formula is C20H19ClN4O3. The van der Waals surface area contributed by atoms with E-state index in [2.05, 4.69) is 20.6 Å². The second-order valence-corrected chi connectivity index (χ2v) is 6.20. The molecule has 28 heavy (non-hydrogen) atoms. The van der Waals surface area contributed by atoms with Crippen LogP contribution < -0.4 is 20.1 Å². The van der Waals surface area contributed by atoms with Gasteiger partial charge in [-0.25, -0.2) is 4.98 Å². The molecule has 0 saturated heterocycles. The minimum Gasteiger partial charge on any atom is -0.495 e. The number of hydrogen-bond acceptors (Lipinski definition) is 6. The first kappa shape index (κ1) is 19.4. The molecule has 0 aliphatic heterocycles. The maximum atomic E-state index is 12.3. The molecule has 0 aliphatic carbocycles. The highest BCUT2D eigenvalue weighted by Crippen LogP contribution is 2.37. The number of amides is 1. The quantitative estimate of drug-likeness (QED) is 0.629. The molecule has 2 aromatic heterocycles. The molecule has 144 valence electrons. The molecule has 2 N–H and O–H groups in total. The van der Waals surface area contributed by atoms with Crippen molar-refractivity contribution in [2.45, 2.75) is 6.54 Å². The maximum absolute atomic E-state index is 12.3. The Hall–Kier alpha value is -3.32. The van der Waals surface area contributed by atoms with Crippen molar-refractivity contribution in [3.8, 4) is 11.5 Å². The molecule has 0 atom stereocenters. The molecule has 0 aliphatic rings. The lowest BCUT2D eigenvalue weighted by atomic mass is 10.2. The molecule has 1 aromatic carbocycles. The summed E-state index contributed by atoms with van der Waals surface area (Å²) in [5, 5.41) is 6.41. The standard InChI is InChI=1S/C20H19ClN4O3/c1-27-17-9-16(18(28-2)8-15(17)21)25-19-6-5-14(12-23-19)20(26)24-11-13-4-3-7-22-10-13/h3-10,12H,11H2,1-2H3,(H,23,25)(H,24,26). The maximum Gasteiger partial charge on any atom is 0.253 e. The first-order valence-electron chi connectivity index (χ1n) is 8.42. The Bertz CT molecular complexity index is 950. The molecule has 3 aromatic rings. The van der Waals surface area contributed by atoms with Crippen LogP contribution in [0.5, 0.6) is 11.5 Å². The van der Waals surface area contributed by atoms with E-state index < -0.39 is 0 Å². The van der Waals surface area contributed by atoms with E-state index in [-0.39, 0.29) is 5.91 Å². The Kier molecular flexibility index (Phi) is 6.29. The second-order valence-electron chi connectivity index (χ2n) is 5.79. The van der Waals surface area contributed by atoms with Gasteiger partial charge < -0.3 is 20.1 Å². The number of nitrogens with one attached hydrogen (secondary N) is 2. The first-order chi connectivity index (χ1) is 13.6. The topological polar surface area (TPSA) is 85.4 Å². The number of methoxy groups -OCH3 is 2. The van der Waals surface area contributed by atoms with Crippen molar-refractivity contribution < 1.29 is 14.3 Å². The van der Waals surface area contributed by atoms with Crippen molar-refractivity contribution in [3.63, 3.8) is 0 Å². The van der Waals surface area contributed by atoms with E-state index in [9.17, 15) is 4.79 Å². The number of rotatable bonds is 7. The van der Waals surface area contributed by atoms with E-state index in [1.165, 1.54) is 13.3 Å². The summed E-state index contributed by atoms with van der Waals surface area (Å²) in [6.07, 6.45) is 4.89. The zero-order valence-electron chi connectivity index (χ0n) is 15.4. The highest BCUT2D eigenvalue weighted by Gasteiger charge is 2.11. The van der Waals surface area contributed by atoms with Crippen LogP contribution in [0.1, 0.15) is 15.9 Å². The van der Waals surface area contributed by atoms with E-state index in [1.54, 1.807) is 43.8 Å². The number of carbonyl (C=O) groups excluding carboxylic acids is 1. The number of benzene rings is 1. The lowest BCUT2D eigenvalue weighted by Crippen LogP contribution is -2.22. The third-order valence-corrected chi connectivity index (χ3v) is 4.23. The molecule has 0 radical (unpaired) electrons. The summed E-state index contributed by atoms with van der Waals surface area (Å²) in [5.74, 6) is 1.39. The largest absolute Gasteiger partial charge is 0.495 e. The van der Waals surface area contributed by atoms with Crippen molar-refractivity contribution >= 4 is 29.0 Å². The smallest absolute Gasteiger partial charge is 0.253 e. The van der Waals surface area contributed by atoms with Crippen LogP contribution in [0.25, 0.3) is 0 Å². The van der Waals surface area contributed by atoms with Gasteiger partial charge in [-0.05, 0) is 23.8 Å². The molecule has 7 nitrogen and oxygen atoms in total. The average Bonchev–Trinajstić information content (AvgIpc) is 2.74. The summed E-state index contributed by atoms with van der Waals surface area (Å²) in [6, 6.07) is 10.5. The molecule has 8 heteroatoms. The number of anilines is 2. The van der Waals surface area contributed by atoms with Crippen LogP contribution in [0, 0.1) is 0 Å². The summed E-state index contributed by atoms with van der Waals surface area (Å²) in [4.78, 5) is 20.6. The molecular weight excluding hydrogens is 380 g/mol. The second kappa shape index (κ2) is 9.05. The van der Waals surface area contributed by atoms with Crippen molar-refractivity contribution in [1.82, 2.24) is 15.3 Å². The number of carbonyl (C=O) groups is 1. The SMILES string of the molecule is COc1cc(Nc2ccc(C(=O)NCc3cccnc3)cn2)c(OC)cc1Cl. The number of hydrogen-bond donors (Lipinski definition) is 2. The van der Waals surface area contributed by atoms with Gasteiger partial charge in [0.05, 0.1) is 30.5 Å². The van der Waals surface area contributed by atoms with Gasteiger partial charge >= 0.3 is 0 Å². The summed E-state index contributed by atoms with van der Waals surface area (Å²) < 4.78 is 10.6. The van der Waals surface area contributed by atoms with Gasteiger partial charge in [0.15, 0.2) is 0 Å². The Balaban J connectivity index is 1.68. The molecule has 0 bridgehead atoms. The van der Waals surface area contributed by atoms with Crippen molar-refractivity contribution in [1.29, 1.82) is 0 Å². The Morgan fingerprint density at radius 3 is 2.57 bits per heavy atom. The Morgan fingerprint density at radius 1 is 1.11 bits per heavy atom. The summed E-state index contributed by atoms with van der Waals surface area (Å²) in [6.45, 7) is 0.397. The zero-order chi connectivity index (χ0) is 19.9. The monoisotopic (exact) mass is 398 g/mol. The summed E-state index contributed by atoms with van der Waals surface area (Å²) in [7, 11) is 3.08. The molecule has 0 saturated carbocycles. The summed E-state index contributed by atoms with van der Waals surface area (Å²) in [5.41, 5.74) is 2.02. The van der Waals surface area contributed by atoms with Gasteiger partial charge in [-0.1, -0.05) is 17.7 Å². The number of halogens is 1. The van der Waals surface area contributed by atoms with Crippen molar-refractivity contribution in [3.05, 3.63) is 71.1 Å². The highest BCUT2D eigenvalue weighted by atomic mass is 35.5. The van der Waals surface area contributed by atoms with Gasteiger partial charge in [0.1, 0.15) is 17.3 Å². The molecule has 0 unspecified atom stereocenters. The highest BCUT2D eigenvalue weighted by molar-refractivity contribution is 6.32. The van der Waals surface area contributed by atoms with Crippen LogP contribution in [-0.2, 0) is 6.54 Å². The van der Waals surface area contributed by atoms with Gasteiger partial charge in [-0.3, -0.25) is 9.78 Å². The first-order valence-corrected chi connectivity index (χ1v) is 8.80. The molecule has 3 rings (SSSR count).